The molecule has 1 amide bonds. The molecular weight excluding hydrogens is 282 g/mol. The van der Waals surface area contributed by atoms with Crippen LogP contribution in [0.3, 0.4) is 0 Å². The molecule has 0 aliphatic rings. The minimum atomic E-state index is -0.0822. The van der Waals surface area contributed by atoms with Crippen molar-refractivity contribution in [2.45, 2.75) is 39.2 Å². The van der Waals surface area contributed by atoms with Gasteiger partial charge in [0.25, 0.3) is 0 Å². The highest BCUT2D eigenvalue weighted by molar-refractivity contribution is 5.91. The van der Waals surface area contributed by atoms with Crippen LogP contribution < -0.4 is 5.32 Å². The molecule has 120 valence electrons. The third kappa shape index (κ3) is 5.10. The SMILES string of the molecule is CC(NC(=O)C=Cc1ccc(C(C)(C)C)cc1)c1ccccc1. The number of nitrogens with one attached hydrogen (secondary N) is 1. The molecule has 0 aliphatic carbocycles. The van der Waals surface area contributed by atoms with Gasteiger partial charge in [-0.3, -0.25) is 4.79 Å². The predicted octanol–water partition coefficient (Wildman–Crippen LogP) is 4.87. The monoisotopic (exact) mass is 307 g/mol. The summed E-state index contributed by atoms with van der Waals surface area (Å²) < 4.78 is 0. The number of benzene rings is 2. The summed E-state index contributed by atoms with van der Waals surface area (Å²) in [5.74, 6) is -0.0822. The lowest BCUT2D eigenvalue weighted by atomic mass is 9.87. The molecule has 2 nitrogen and oxygen atoms in total. The Morgan fingerprint density at radius 3 is 2.17 bits per heavy atom. The van der Waals surface area contributed by atoms with Crippen molar-refractivity contribution in [2.24, 2.45) is 0 Å². The van der Waals surface area contributed by atoms with Gasteiger partial charge in [0.1, 0.15) is 0 Å². The van der Waals surface area contributed by atoms with E-state index < -0.39 is 0 Å². The highest BCUT2D eigenvalue weighted by Gasteiger charge is 2.12. The van der Waals surface area contributed by atoms with Crippen molar-refractivity contribution >= 4 is 12.0 Å². The molecule has 1 N–H and O–H groups in total. The first-order valence-corrected chi connectivity index (χ1v) is 8.00. The summed E-state index contributed by atoms with van der Waals surface area (Å²) in [4.78, 5) is 12.0. The van der Waals surface area contributed by atoms with Gasteiger partial charge in [0.15, 0.2) is 0 Å². The molecule has 0 heterocycles. The summed E-state index contributed by atoms with van der Waals surface area (Å²) >= 11 is 0. The fraction of sp³-hybridized carbons (Fsp3) is 0.286. The molecule has 0 bridgehead atoms. The number of carbonyl (C=O) groups is 1. The van der Waals surface area contributed by atoms with Crippen LogP contribution in [0.5, 0.6) is 0 Å². The second-order valence-electron chi connectivity index (χ2n) is 6.85. The molecule has 0 saturated carbocycles. The Hall–Kier alpha value is -2.35. The van der Waals surface area contributed by atoms with Gasteiger partial charge in [0, 0.05) is 6.08 Å². The van der Waals surface area contributed by atoms with Crippen molar-refractivity contribution in [3.05, 3.63) is 77.4 Å². The average Bonchev–Trinajstić information content (AvgIpc) is 2.53. The smallest absolute Gasteiger partial charge is 0.244 e. The van der Waals surface area contributed by atoms with Gasteiger partial charge in [-0.25, -0.2) is 0 Å². The summed E-state index contributed by atoms with van der Waals surface area (Å²) in [6, 6.07) is 18.3. The predicted molar refractivity (Wildman–Crippen MR) is 97.2 cm³/mol. The average molecular weight is 307 g/mol. The molecule has 1 unspecified atom stereocenters. The molecule has 2 aromatic carbocycles. The van der Waals surface area contributed by atoms with E-state index in [0.29, 0.717) is 0 Å². The van der Waals surface area contributed by atoms with Crippen LogP contribution in [0.4, 0.5) is 0 Å². The highest BCUT2D eigenvalue weighted by Crippen LogP contribution is 2.22. The summed E-state index contributed by atoms with van der Waals surface area (Å²) in [6.45, 7) is 8.56. The Bertz CT molecular complexity index is 663. The van der Waals surface area contributed by atoms with Crippen molar-refractivity contribution in [3.63, 3.8) is 0 Å². The Kier molecular flexibility index (Phi) is 5.38. The van der Waals surface area contributed by atoms with Crippen LogP contribution in [0, 0.1) is 0 Å². The topological polar surface area (TPSA) is 29.1 Å². The van der Waals surface area contributed by atoms with E-state index in [1.807, 2.05) is 55.5 Å². The first kappa shape index (κ1) is 17.0. The summed E-state index contributed by atoms with van der Waals surface area (Å²) in [7, 11) is 0. The zero-order valence-electron chi connectivity index (χ0n) is 14.3. The fourth-order valence-electron chi connectivity index (χ4n) is 2.35. The van der Waals surface area contributed by atoms with Gasteiger partial charge >= 0.3 is 0 Å². The van der Waals surface area contributed by atoms with Crippen LogP contribution >= 0.6 is 0 Å². The third-order valence-corrected chi connectivity index (χ3v) is 3.86. The van der Waals surface area contributed by atoms with E-state index in [2.05, 4.69) is 38.2 Å². The van der Waals surface area contributed by atoms with Gasteiger partial charge in [-0.05, 0) is 35.1 Å². The lowest BCUT2D eigenvalue weighted by molar-refractivity contribution is -0.117. The minimum absolute atomic E-state index is 0.00313. The Morgan fingerprint density at radius 2 is 1.61 bits per heavy atom. The molecule has 23 heavy (non-hydrogen) atoms. The maximum absolute atomic E-state index is 12.0. The number of hydrogen-bond donors (Lipinski definition) is 1. The molecule has 0 spiro atoms. The van der Waals surface area contributed by atoms with E-state index in [1.54, 1.807) is 6.08 Å². The Balaban J connectivity index is 1.96. The highest BCUT2D eigenvalue weighted by atomic mass is 16.1. The van der Waals surface area contributed by atoms with Gasteiger partial charge in [-0.15, -0.1) is 0 Å². The Labute approximate surface area is 139 Å². The van der Waals surface area contributed by atoms with E-state index in [0.717, 1.165) is 11.1 Å². The first-order valence-electron chi connectivity index (χ1n) is 8.00. The zero-order valence-corrected chi connectivity index (χ0v) is 14.3. The normalized spacial score (nSPS) is 13.0. The van der Waals surface area contributed by atoms with Gasteiger partial charge in [0.05, 0.1) is 6.04 Å². The van der Waals surface area contributed by atoms with Crippen LogP contribution in [-0.4, -0.2) is 5.91 Å². The second kappa shape index (κ2) is 7.28. The van der Waals surface area contributed by atoms with Gasteiger partial charge in [-0.2, -0.15) is 0 Å². The summed E-state index contributed by atoms with van der Waals surface area (Å²) in [5.41, 5.74) is 3.56. The fourth-order valence-corrected chi connectivity index (χ4v) is 2.35. The van der Waals surface area contributed by atoms with Crippen LogP contribution in [0.15, 0.2) is 60.7 Å². The third-order valence-electron chi connectivity index (χ3n) is 3.86. The minimum Gasteiger partial charge on any atom is -0.346 e. The largest absolute Gasteiger partial charge is 0.346 e. The van der Waals surface area contributed by atoms with Crippen LogP contribution in [0.2, 0.25) is 0 Å². The number of hydrogen-bond acceptors (Lipinski definition) is 1. The maximum atomic E-state index is 12.0. The molecule has 0 fully saturated rings. The Morgan fingerprint density at radius 1 is 1.00 bits per heavy atom. The van der Waals surface area contributed by atoms with Gasteiger partial charge < -0.3 is 5.32 Å². The van der Waals surface area contributed by atoms with E-state index in [9.17, 15) is 4.79 Å². The zero-order chi connectivity index (χ0) is 16.9. The molecule has 0 saturated heterocycles. The summed E-state index contributed by atoms with van der Waals surface area (Å²) in [6.07, 6.45) is 3.44. The molecule has 1 atom stereocenters. The first-order chi connectivity index (χ1) is 10.9. The van der Waals surface area contributed by atoms with Crippen LogP contribution in [0.25, 0.3) is 6.08 Å². The standard InChI is InChI=1S/C21H25NO/c1-16(18-8-6-5-7-9-18)22-20(23)15-12-17-10-13-19(14-11-17)21(2,3)4/h5-16H,1-4H3,(H,22,23). The molecule has 2 heteroatoms. The van der Waals surface area contributed by atoms with Crippen LogP contribution in [-0.2, 0) is 10.2 Å². The van der Waals surface area contributed by atoms with E-state index >= 15 is 0 Å². The summed E-state index contributed by atoms with van der Waals surface area (Å²) in [5, 5.41) is 2.98. The van der Waals surface area contributed by atoms with Crippen molar-refractivity contribution in [1.82, 2.24) is 5.32 Å². The van der Waals surface area contributed by atoms with Crippen molar-refractivity contribution < 1.29 is 4.79 Å². The van der Waals surface area contributed by atoms with Crippen molar-refractivity contribution in [2.75, 3.05) is 0 Å². The van der Waals surface area contributed by atoms with Crippen molar-refractivity contribution in [1.29, 1.82) is 0 Å². The van der Waals surface area contributed by atoms with E-state index in [1.165, 1.54) is 5.56 Å². The number of amides is 1. The second-order valence-corrected chi connectivity index (χ2v) is 6.85. The van der Waals surface area contributed by atoms with Gasteiger partial charge in [0.2, 0.25) is 5.91 Å². The molecule has 2 aromatic rings. The van der Waals surface area contributed by atoms with Gasteiger partial charge in [-0.1, -0.05) is 75.4 Å². The van der Waals surface area contributed by atoms with Crippen molar-refractivity contribution in [3.8, 4) is 0 Å². The van der Waals surface area contributed by atoms with E-state index in [-0.39, 0.29) is 17.4 Å². The van der Waals surface area contributed by atoms with E-state index in [4.69, 9.17) is 0 Å². The molecule has 2 rings (SSSR count). The lowest BCUT2D eigenvalue weighted by Gasteiger charge is -2.18. The molecule has 0 aliphatic heterocycles. The number of rotatable bonds is 4. The molecule has 0 aromatic heterocycles. The molecule has 0 radical (unpaired) electrons. The quantitative estimate of drug-likeness (QED) is 0.802. The number of carbonyl (C=O) groups excluding carboxylic acids is 1. The lowest BCUT2D eigenvalue weighted by Crippen LogP contribution is -2.24. The maximum Gasteiger partial charge on any atom is 0.244 e. The molecular formula is C21H25NO. The van der Waals surface area contributed by atoms with Crippen LogP contribution in [0.1, 0.15) is 50.4 Å².